The third-order valence-electron chi connectivity index (χ3n) is 3.94. The molecule has 0 nitrogen and oxygen atoms in total. The molecule has 0 radical (unpaired) electrons. The van der Waals surface area contributed by atoms with E-state index >= 15 is 0 Å². The second-order valence-electron chi connectivity index (χ2n) is 5.71. The van der Waals surface area contributed by atoms with E-state index in [9.17, 15) is 0 Å². The predicted molar refractivity (Wildman–Crippen MR) is 89.9 cm³/mol. The van der Waals surface area contributed by atoms with Crippen molar-refractivity contribution in [3.63, 3.8) is 0 Å². The van der Waals surface area contributed by atoms with Crippen molar-refractivity contribution in [3.05, 3.63) is 34.9 Å². The summed E-state index contributed by atoms with van der Waals surface area (Å²) in [5.74, 6) is 0. The van der Waals surface area contributed by atoms with Crippen LogP contribution in [-0.2, 0) is 6.42 Å². The molecule has 0 fully saturated rings. The monoisotopic (exact) mass is 274 g/mol. The van der Waals surface area contributed by atoms with Gasteiger partial charge in [-0.1, -0.05) is 64.5 Å². The van der Waals surface area contributed by atoms with Gasteiger partial charge in [0.2, 0.25) is 0 Å². The minimum atomic E-state index is 0.0660. The Balaban J connectivity index is 2.23. The maximum absolute atomic E-state index is 2.44. The van der Waals surface area contributed by atoms with Crippen LogP contribution in [0.2, 0.25) is 0 Å². The molecular formula is C18H27P. The van der Waals surface area contributed by atoms with Crippen molar-refractivity contribution in [2.75, 3.05) is 12.3 Å². The molecule has 104 valence electrons. The van der Waals surface area contributed by atoms with Gasteiger partial charge in [0.25, 0.3) is 0 Å². The SMILES string of the molecule is CCCCP(CCCC)c1cccc2c1C=C(C)C2. The molecule has 0 bridgehead atoms. The highest BCUT2D eigenvalue weighted by atomic mass is 31.1. The predicted octanol–water partition coefficient (Wildman–Crippen LogP) is 5.35. The van der Waals surface area contributed by atoms with Gasteiger partial charge in [0.05, 0.1) is 0 Å². The van der Waals surface area contributed by atoms with E-state index in [0.29, 0.717) is 0 Å². The molecule has 0 spiro atoms. The zero-order chi connectivity index (χ0) is 13.7. The van der Waals surface area contributed by atoms with Gasteiger partial charge in [-0.15, -0.1) is 0 Å². The first kappa shape index (κ1) is 14.8. The van der Waals surface area contributed by atoms with Crippen molar-refractivity contribution in [1.29, 1.82) is 0 Å². The lowest BCUT2D eigenvalue weighted by Gasteiger charge is -2.20. The van der Waals surface area contributed by atoms with Crippen LogP contribution in [0.3, 0.4) is 0 Å². The van der Waals surface area contributed by atoms with Crippen molar-refractivity contribution >= 4 is 19.3 Å². The molecule has 1 heteroatoms. The molecule has 0 heterocycles. The van der Waals surface area contributed by atoms with E-state index in [1.54, 1.807) is 16.4 Å². The van der Waals surface area contributed by atoms with Crippen molar-refractivity contribution in [3.8, 4) is 0 Å². The zero-order valence-electron chi connectivity index (χ0n) is 12.7. The number of rotatable bonds is 7. The Morgan fingerprint density at radius 2 is 1.74 bits per heavy atom. The van der Waals surface area contributed by atoms with E-state index in [1.165, 1.54) is 50.0 Å². The summed E-state index contributed by atoms with van der Waals surface area (Å²) in [5, 5.41) is 1.69. The van der Waals surface area contributed by atoms with Crippen molar-refractivity contribution < 1.29 is 0 Å². The van der Waals surface area contributed by atoms with Crippen LogP contribution in [0.25, 0.3) is 6.08 Å². The Kier molecular flexibility index (Phi) is 5.64. The lowest BCUT2D eigenvalue weighted by Crippen LogP contribution is -2.11. The normalized spacial score (nSPS) is 13.8. The van der Waals surface area contributed by atoms with Crippen molar-refractivity contribution in [2.45, 2.75) is 52.9 Å². The molecule has 0 aromatic heterocycles. The van der Waals surface area contributed by atoms with E-state index < -0.39 is 0 Å². The summed E-state index contributed by atoms with van der Waals surface area (Å²) in [5.41, 5.74) is 4.68. The summed E-state index contributed by atoms with van der Waals surface area (Å²) in [6, 6.07) is 7.01. The van der Waals surface area contributed by atoms with Crippen LogP contribution < -0.4 is 5.30 Å². The molecule has 0 N–H and O–H groups in total. The summed E-state index contributed by atoms with van der Waals surface area (Å²) in [4.78, 5) is 0. The Hall–Kier alpha value is -0.610. The topological polar surface area (TPSA) is 0 Å². The van der Waals surface area contributed by atoms with Gasteiger partial charge < -0.3 is 0 Å². The minimum Gasteiger partial charge on any atom is -0.0747 e. The Labute approximate surface area is 120 Å². The third-order valence-corrected chi connectivity index (χ3v) is 6.72. The fraction of sp³-hybridized carbons (Fsp3) is 0.556. The first-order valence-corrected chi connectivity index (χ1v) is 9.51. The second kappa shape index (κ2) is 7.25. The fourth-order valence-electron chi connectivity index (χ4n) is 2.84. The number of unbranched alkanes of at least 4 members (excludes halogenated alkanes) is 2. The van der Waals surface area contributed by atoms with E-state index in [1.807, 2.05) is 0 Å². The van der Waals surface area contributed by atoms with Crippen LogP contribution in [0.1, 0.15) is 57.6 Å². The lowest BCUT2D eigenvalue weighted by atomic mass is 10.1. The van der Waals surface area contributed by atoms with E-state index in [4.69, 9.17) is 0 Å². The Morgan fingerprint density at radius 1 is 1.05 bits per heavy atom. The molecule has 0 unspecified atom stereocenters. The molecule has 0 saturated heterocycles. The smallest absolute Gasteiger partial charge is 0.00604 e. The molecule has 2 rings (SSSR count). The second-order valence-corrected chi connectivity index (χ2v) is 8.17. The van der Waals surface area contributed by atoms with Gasteiger partial charge in [-0.3, -0.25) is 0 Å². The molecule has 0 saturated carbocycles. The molecule has 1 aromatic carbocycles. The van der Waals surface area contributed by atoms with Gasteiger partial charge in [0, 0.05) is 0 Å². The Morgan fingerprint density at radius 3 is 2.37 bits per heavy atom. The first-order valence-electron chi connectivity index (χ1n) is 7.80. The summed E-state index contributed by atoms with van der Waals surface area (Å²) >= 11 is 0. The standard InChI is InChI=1S/C18H27P/c1-4-6-11-19(12-7-5-2)18-10-8-9-16-13-15(3)14-17(16)18/h8-10,14H,4-7,11-13H2,1-3H3. The number of benzene rings is 1. The largest absolute Gasteiger partial charge is 0.0747 e. The minimum absolute atomic E-state index is 0.0660. The molecule has 1 aliphatic rings. The number of hydrogen-bond acceptors (Lipinski definition) is 0. The summed E-state index contributed by atoms with van der Waals surface area (Å²) < 4.78 is 0. The summed E-state index contributed by atoms with van der Waals surface area (Å²) in [7, 11) is 0.0660. The van der Waals surface area contributed by atoms with Crippen LogP contribution in [0.5, 0.6) is 0 Å². The number of hydrogen-bond donors (Lipinski definition) is 0. The number of fused-ring (bicyclic) bond motifs is 1. The van der Waals surface area contributed by atoms with Gasteiger partial charge >= 0.3 is 0 Å². The van der Waals surface area contributed by atoms with Crippen LogP contribution in [0, 0.1) is 0 Å². The van der Waals surface area contributed by atoms with E-state index in [2.05, 4.69) is 45.0 Å². The molecule has 0 atom stereocenters. The van der Waals surface area contributed by atoms with Gasteiger partial charge in [-0.05, 0) is 54.9 Å². The highest BCUT2D eigenvalue weighted by Gasteiger charge is 2.18. The molecule has 19 heavy (non-hydrogen) atoms. The fourth-order valence-corrected chi connectivity index (χ4v) is 5.79. The van der Waals surface area contributed by atoms with Gasteiger partial charge in [-0.25, -0.2) is 0 Å². The lowest BCUT2D eigenvalue weighted by molar-refractivity contribution is 0.870. The quantitative estimate of drug-likeness (QED) is 0.588. The zero-order valence-corrected chi connectivity index (χ0v) is 13.6. The van der Waals surface area contributed by atoms with Crippen molar-refractivity contribution in [2.24, 2.45) is 0 Å². The highest BCUT2D eigenvalue weighted by Crippen LogP contribution is 2.40. The average Bonchev–Trinajstić information content (AvgIpc) is 2.79. The first-order chi connectivity index (χ1) is 9.26. The highest BCUT2D eigenvalue weighted by molar-refractivity contribution is 7.65. The van der Waals surface area contributed by atoms with Gasteiger partial charge in [0.15, 0.2) is 0 Å². The van der Waals surface area contributed by atoms with Crippen LogP contribution >= 0.6 is 7.92 Å². The molecule has 0 amide bonds. The van der Waals surface area contributed by atoms with E-state index in [0.717, 1.165) is 0 Å². The molecule has 0 aliphatic heterocycles. The molecule has 1 aliphatic carbocycles. The van der Waals surface area contributed by atoms with Crippen LogP contribution in [-0.4, -0.2) is 12.3 Å². The summed E-state index contributed by atoms with van der Waals surface area (Å²) in [6.07, 6.45) is 11.9. The van der Waals surface area contributed by atoms with Gasteiger partial charge in [0.1, 0.15) is 0 Å². The van der Waals surface area contributed by atoms with Gasteiger partial charge in [-0.2, -0.15) is 0 Å². The van der Waals surface area contributed by atoms with Crippen LogP contribution in [0.4, 0.5) is 0 Å². The number of allylic oxidation sites excluding steroid dienone is 1. The molecular weight excluding hydrogens is 247 g/mol. The maximum Gasteiger partial charge on any atom is -0.00604 e. The van der Waals surface area contributed by atoms with Crippen LogP contribution in [0.15, 0.2) is 23.8 Å². The van der Waals surface area contributed by atoms with E-state index in [-0.39, 0.29) is 7.92 Å². The Bertz CT molecular complexity index is 437. The molecule has 1 aromatic rings. The third kappa shape index (κ3) is 3.69. The maximum atomic E-state index is 2.44. The van der Waals surface area contributed by atoms with Crippen molar-refractivity contribution in [1.82, 2.24) is 0 Å². The average molecular weight is 274 g/mol. The summed E-state index contributed by atoms with van der Waals surface area (Å²) in [6.45, 7) is 6.89.